The normalized spacial score (nSPS) is 13.1. The maximum Gasteiger partial charge on any atom is 0.0968 e. The van der Waals surface area contributed by atoms with Gasteiger partial charge in [-0.1, -0.05) is 19.8 Å². The molecule has 0 saturated carbocycles. The maximum absolute atomic E-state index is 9.94. The molecule has 0 aliphatic carbocycles. The van der Waals surface area contributed by atoms with Crippen LogP contribution in [0.2, 0.25) is 0 Å². The Labute approximate surface area is 93.3 Å². The largest absolute Gasteiger partial charge is 0.387 e. The van der Waals surface area contributed by atoms with Crippen molar-refractivity contribution in [2.24, 2.45) is 0 Å². The second-order valence-electron chi connectivity index (χ2n) is 3.35. The summed E-state index contributed by atoms with van der Waals surface area (Å²) in [6.07, 6.45) is 4.30. The van der Waals surface area contributed by atoms with Crippen LogP contribution < -0.4 is 0 Å². The Balaban J connectivity index is 2.76. The van der Waals surface area contributed by atoms with Crippen molar-refractivity contribution in [3.05, 3.63) is 16.4 Å². The number of hydrogen-bond acceptors (Lipinski definition) is 2. The lowest BCUT2D eigenvalue weighted by atomic mass is 10.1. The molecule has 1 N–H and O–H groups in total. The van der Waals surface area contributed by atoms with Gasteiger partial charge in [-0.05, 0) is 29.3 Å². The van der Waals surface area contributed by atoms with Crippen molar-refractivity contribution in [3.8, 4) is 0 Å². The predicted molar refractivity (Wildman–Crippen MR) is 60.1 cm³/mol. The van der Waals surface area contributed by atoms with E-state index in [0.29, 0.717) is 0 Å². The van der Waals surface area contributed by atoms with Gasteiger partial charge in [-0.15, -0.1) is 0 Å². The number of rotatable bonds is 5. The van der Waals surface area contributed by atoms with Crippen LogP contribution in [-0.2, 0) is 6.54 Å². The van der Waals surface area contributed by atoms with Gasteiger partial charge in [0, 0.05) is 6.54 Å². The van der Waals surface area contributed by atoms with Gasteiger partial charge in [0.15, 0.2) is 0 Å². The van der Waals surface area contributed by atoms with Gasteiger partial charge < -0.3 is 5.11 Å². The molecule has 0 spiro atoms. The van der Waals surface area contributed by atoms with Crippen molar-refractivity contribution in [2.45, 2.75) is 45.8 Å². The Bertz CT molecular complexity index is 286. The molecule has 0 aliphatic heterocycles. The summed E-state index contributed by atoms with van der Waals surface area (Å²) in [6, 6.07) is 0. The Kier molecular flexibility index (Phi) is 4.62. The SMILES string of the molecule is CCCCC(O)c1c(Br)cnn1CC. The van der Waals surface area contributed by atoms with Gasteiger partial charge in [-0.25, -0.2) is 0 Å². The Morgan fingerprint density at radius 2 is 2.29 bits per heavy atom. The van der Waals surface area contributed by atoms with E-state index < -0.39 is 6.10 Å². The summed E-state index contributed by atoms with van der Waals surface area (Å²) in [7, 11) is 0. The zero-order valence-corrected chi connectivity index (χ0v) is 10.3. The number of aliphatic hydroxyl groups excluding tert-OH is 1. The predicted octanol–water partition coefficient (Wildman–Crippen LogP) is 2.89. The molecule has 0 bridgehead atoms. The zero-order valence-electron chi connectivity index (χ0n) is 8.70. The summed E-state index contributed by atoms with van der Waals surface area (Å²) >= 11 is 3.41. The van der Waals surface area contributed by atoms with Crippen LogP contribution in [0.5, 0.6) is 0 Å². The van der Waals surface area contributed by atoms with Crippen molar-refractivity contribution < 1.29 is 5.11 Å². The fourth-order valence-corrected chi connectivity index (χ4v) is 2.05. The molecule has 0 aliphatic rings. The quantitative estimate of drug-likeness (QED) is 0.885. The first-order valence-corrected chi connectivity index (χ1v) is 5.89. The van der Waals surface area contributed by atoms with Crippen LogP contribution in [0.25, 0.3) is 0 Å². The van der Waals surface area contributed by atoms with Gasteiger partial charge in [0.2, 0.25) is 0 Å². The van der Waals surface area contributed by atoms with Gasteiger partial charge in [0.05, 0.1) is 22.5 Å². The first-order chi connectivity index (χ1) is 6.70. The molecule has 3 nitrogen and oxygen atoms in total. The number of aromatic nitrogens is 2. The minimum Gasteiger partial charge on any atom is -0.387 e. The highest BCUT2D eigenvalue weighted by molar-refractivity contribution is 9.10. The van der Waals surface area contributed by atoms with Gasteiger partial charge in [-0.3, -0.25) is 4.68 Å². The van der Waals surface area contributed by atoms with Crippen LogP contribution in [0.1, 0.15) is 44.9 Å². The van der Waals surface area contributed by atoms with Crippen LogP contribution in [-0.4, -0.2) is 14.9 Å². The lowest BCUT2D eigenvalue weighted by Gasteiger charge is -2.12. The van der Waals surface area contributed by atoms with Crippen molar-refractivity contribution in [2.75, 3.05) is 0 Å². The Hall–Kier alpha value is -0.350. The zero-order chi connectivity index (χ0) is 10.6. The van der Waals surface area contributed by atoms with Crippen molar-refractivity contribution in [1.29, 1.82) is 0 Å². The third kappa shape index (κ3) is 2.58. The molecular formula is C10H17BrN2O. The van der Waals surface area contributed by atoms with Crippen LogP contribution in [0.3, 0.4) is 0 Å². The van der Waals surface area contributed by atoms with E-state index in [4.69, 9.17) is 0 Å². The van der Waals surface area contributed by atoms with Crippen LogP contribution in [0.15, 0.2) is 10.7 Å². The second kappa shape index (κ2) is 5.51. The molecule has 4 heteroatoms. The number of hydrogen-bond donors (Lipinski definition) is 1. The van der Waals surface area contributed by atoms with E-state index >= 15 is 0 Å². The third-order valence-electron chi connectivity index (χ3n) is 2.28. The molecule has 1 aromatic heterocycles. The van der Waals surface area contributed by atoms with Gasteiger partial charge in [0.25, 0.3) is 0 Å². The molecule has 1 rings (SSSR count). The van der Waals surface area contributed by atoms with Crippen molar-refractivity contribution in [1.82, 2.24) is 9.78 Å². The average Bonchev–Trinajstić information content (AvgIpc) is 2.56. The first kappa shape index (κ1) is 11.7. The highest BCUT2D eigenvalue weighted by Crippen LogP contribution is 2.26. The fourth-order valence-electron chi connectivity index (χ4n) is 1.49. The standard InChI is InChI=1S/C10H17BrN2O/c1-3-5-6-9(14)10-8(11)7-12-13(10)4-2/h7,9,14H,3-6H2,1-2H3. The molecule has 0 aromatic carbocycles. The molecule has 1 heterocycles. The first-order valence-electron chi connectivity index (χ1n) is 5.10. The third-order valence-corrected chi connectivity index (χ3v) is 2.89. The van der Waals surface area contributed by atoms with Gasteiger partial charge in [-0.2, -0.15) is 5.10 Å². The van der Waals surface area contributed by atoms with Crippen LogP contribution in [0.4, 0.5) is 0 Å². The summed E-state index contributed by atoms with van der Waals surface area (Å²) in [5.41, 5.74) is 0.904. The lowest BCUT2D eigenvalue weighted by Crippen LogP contribution is -2.08. The van der Waals surface area contributed by atoms with E-state index in [0.717, 1.165) is 36.0 Å². The van der Waals surface area contributed by atoms with Gasteiger partial charge in [0.1, 0.15) is 0 Å². The molecule has 80 valence electrons. The van der Waals surface area contributed by atoms with Crippen molar-refractivity contribution >= 4 is 15.9 Å². The summed E-state index contributed by atoms with van der Waals surface area (Å²) in [4.78, 5) is 0. The summed E-state index contributed by atoms with van der Waals surface area (Å²) < 4.78 is 2.74. The number of aliphatic hydroxyl groups is 1. The molecule has 1 aromatic rings. The highest BCUT2D eigenvalue weighted by atomic mass is 79.9. The molecule has 0 fully saturated rings. The molecular weight excluding hydrogens is 244 g/mol. The number of nitrogens with zero attached hydrogens (tertiary/aromatic N) is 2. The summed E-state index contributed by atoms with van der Waals surface area (Å²) in [5.74, 6) is 0. The molecule has 0 saturated heterocycles. The minimum atomic E-state index is -0.397. The van der Waals surface area contributed by atoms with E-state index in [1.165, 1.54) is 0 Å². The topological polar surface area (TPSA) is 38.1 Å². The molecule has 14 heavy (non-hydrogen) atoms. The molecule has 1 unspecified atom stereocenters. The molecule has 0 radical (unpaired) electrons. The van der Waals surface area contributed by atoms with Crippen LogP contribution in [0, 0.1) is 0 Å². The average molecular weight is 261 g/mol. The number of unbranched alkanes of at least 4 members (excludes halogenated alkanes) is 1. The second-order valence-corrected chi connectivity index (χ2v) is 4.21. The van der Waals surface area contributed by atoms with Crippen LogP contribution >= 0.6 is 15.9 Å². The monoisotopic (exact) mass is 260 g/mol. The number of halogens is 1. The Morgan fingerprint density at radius 1 is 1.57 bits per heavy atom. The van der Waals surface area contributed by atoms with E-state index in [-0.39, 0.29) is 0 Å². The van der Waals surface area contributed by atoms with E-state index in [9.17, 15) is 5.11 Å². The van der Waals surface area contributed by atoms with Crippen molar-refractivity contribution in [3.63, 3.8) is 0 Å². The molecule has 1 atom stereocenters. The molecule has 0 amide bonds. The van der Waals surface area contributed by atoms with E-state index in [1.807, 2.05) is 11.6 Å². The van der Waals surface area contributed by atoms with E-state index in [1.54, 1.807) is 6.20 Å². The highest BCUT2D eigenvalue weighted by Gasteiger charge is 2.16. The number of aryl methyl sites for hydroxylation is 1. The maximum atomic E-state index is 9.94. The van der Waals surface area contributed by atoms with Gasteiger partial charge >= 0.3 is 0 Å². The fraction of sp³-hybridized carbons (Fsp3) is 0.700. The van der Waals surface area contributed by atoms with E-state index in [2.05, 4.69) is 28.0 Å². The summed E-state index contributed by atoms with van der Waals surface area (Å²) in [6.45, 7) is 4.94. The summed E-state index contributed by atoms with van der Waals surface area (Å²) in [5, 5.41) is 14.1. The lowest BCUT2D eigenvalue weighted by molar-refractivity contribution is 0.152. The minimum absolute atomic E-state index is 0.397. The smallest absolute Gasteiger partial charge is 0.0968 e. The Morgan fingerprint density at radius 3 is 2.86 bits per heavy atom.